The van der Waals surface area contributed by atoms with Gasteiger partial charge < -0.3 is 45.9 Å². The monoisotopic (exact) mass is 803 g/mol. The normalized spacial score (nSPS) is 13.2. The molecule has 0 aliphatic heterocycles. The Kier molecular flexibility index (Phi) is 13.4. The van der Waals surface area contributed by atoms with E-state index in [9.17, 15) is 33.9 Å². The van der Waals surface area contributed by atoms with Gasteiger partial charge in [-0.1, -0.05) is 72.8 Å². The number of aromatic nitrogens is 1. The minimum Gasteiger partial charge on any atom is -0.465 e. The number of nitrogens with one attached hydrogen (secondary N) is 5. The zero-order valence-corrected chi connectivity index (χ0v) is 33.9. The molecule has 1 heterocycles. The molecule has 0 saturated carbocycles. The lowest BCUT2D eigenvalue weighted by Gasteiger charge is -2.29. The first-order valence-electron chi connectivity index (χ1n) is 18.9. The lowest BCUT2D eigenvalue weighted by atomic mass is 10.0. The molecule has 6 N–H and O–H groups in total. The molecule has 0 aliphatic carbocycles. The van der Waals surface area contributed by atoms with Gasteiger partial charge in [-0.15, -0.1) is 0 Å². The summed E-state index contributed by atoms with van der Waals surface area (Å²) in [6.07, 6.45) is -2.13. The lowest BCUT2D eigenvalue weighted by Crippen LogP contribution is -2.49. The van der Waals surface area contributed by atoms with Crippen LogP contribution >= 0.6 is 0 Å². The summed E-state index contributed by atoms with van der Waals surface area (Å²) in [4.78, 5) is 83.6. The van der Waals surface area contributed by atoms with Crippen molar-refractivity contribution in [2.45, 2.75) is 64.4 Å². The van der Waals surface area contributed by atoms with Crippen molar-refractivity contribution < 1.29 is 38.6 Å². The molecular weight excluding hydrogens is 755 g/mol. The van der Waals surface area contributed by atoms with E-state index in [4.69, 9.17) is 4.74 Å². The molecule has 0 saturated heterocycles. The third kappa shape index (κ3) is 11.0. The van der Waals surface area contributed by atoms with Crippen LogP contribution in [0.4, 0.5) is 21.0 Å². The number of nitrogens with zero attached hydrogens (tertiary/aromatic N) is 2. The van der Waals surface area contributed by atoms with Crippen LogP contribution in [0, 0.1) is 0 Å². The van der Waals surface area contributed by atoms with E-state index >= 15 is 0 Å². The van der Waals surface area contributed by atoms with E-state index in [0.29, 0.717) is 22.5 Å². The highest BCUT2D eigenvalue weighted by Gasteiger charge is 2.33. The Hall–Kier alpha value is -7.16. The van der Waals surface area contributed by atoms with Crippen LogP contribution in [-0.2, 0) is 23.9 Å². The number of amides is 6. The number of likely N-dealkylation sites (N-methyl/N-ethyl adjacent to an activating group) is 2. The van der Waals surface area contributed by atoms with Crippen molar-refractivity contribution in [2.24, 2.45) is 0 Å². The second-order valence-electron chi connectivity index (χ2n) is 15.1. The third-order valence-electron chi connectivity index (χ3n) is 9.66. The van der Waals surface area contributed by atoms with E-state index in [0.717, 1.165) is 22.2 Å². The van der Waals surface area contributed by atoms with Crippen molar-refractivity contribution in [3.05, 3.63) is 120 Å². The quantitative estimate of drug-likeness (QED) is 0.0757. The predicted octanol–water partition coefficient (Wildman–Crippen LogP) is 6.68. The second kappa shape index (κ2) is 18.4. The maximum atomic E-state index is 13.7. The van der Waals surface area contributed by atoms with Crippen molar-refractivity contribution >= 4 is 58.1 Å². The standard InChI is InChI=1S/C44H49N7O8/c1-26(50(6)40(54)36(48-42(56)57)29-14-10-8-11-15-29)38(52)45-32-20-18-28(19-21-32)35-25-31-24-33(22-23-34(31)47-35)46-39(53)27(2)51(7)41(55)37(30-16-12-9-13-17-30)49-43(58)59-44(3,4)5/h8-27,36-37,47-48H,1-7H3,(H,45,52)(H,46,53)(H,49,58)(H,56,57). The molecule has 0 bridgehead atoms. The number of H-pyrrole nitrogens is 1. The number of anilines is 2. The number of benzene rings is 4. The molecule has 0 spiro atoms. The summed E-state index contributed by atoms with van der Waals surface area (Å²) in [5, 5.41) is 20.7. The topological polar surface area (TPSA) is 202 Å². The van der Waals surface area contributed by atoms with Crippen LogP contribution in [0.2, 0.25) is 0 Å². The average Bonchev–Trinajstić information content (AvgIpc) is 3.64. The van der Waals surface area contributed by atoms with E-state index in [2.05, 4.69) is 26.3 Å². The zero-order valence-electron chi connectivity index (χ0n) is 33.9. The molecule has 15 heteroatoms. The number of hydrogen-bond donors (Lipinski definition) is 6. The molecule has 1 aromatic heterocycles. The molecule has 4 aromatic carbocycles. The maximum absolute atomic E-state index is 13.7. The molecule has 5 aromatic rings. The largest absolute Gasteiger partial charge is 0.465 e. The van der Waals surface area contributed by atoms with Crippen molar-refractivity contribution in [2.75, 3.05) is 24.7 Å². The summed E-state index contributed by atoms with van der Waals surface area (Å²) >= 11 is 0. The Balaban J connectivity index is 1.21. The molecule has 308 valence electrons. The highest BCUT2D eigenvalue weighted by molar-refractivity contribution is 6.00. The summed E-state index contributed by atoms with van der Waals surface area (Å²) in [7, 11) is 2.94. The Labute approximate surface area is 342 Å². The van der Waals surface area contributed by atoms with Gasteiger partial charge in [0, 0.05) is 42.1 Å². The van der Waals surface area contributed by atoms with E-state index in [1.165, 1.54) is 23.9 Å². The van der Waals surface area contributed by atoms with Crippen LogP contribution in [0.25, 0.3) is 22.2 Å². The first kappa shape index (κ1) is 43.0. The van der Waals surface area contributed by atoms with E-state index in [1.54, 1.807) is 120 Å². The summed E-state index contributed by atoms with van der Waals surface area (Å²) in [6.45, 7) is 8.32. The zero-order chi connectivity index (χ0) is 43.0. The van der Waals surface area contributed by atoms with Gasteiger partial charge in [0.05, 0.1) is 0 Å². The first-order valence-corrected chi connectivity index (χ1v) is 18.9. The van der Waals surface area contributed by atoms with Gasteiger partial charge in [0.1, 0.15) is 29.8 Å². The van der Waals surface area contributed by atoms with Gasteiger partial charge in [0.2, 0.25) is 23.6 Å². The smallest absolute Gasteiger partial charge is 0.408 e. The number of carbonyl (C=O) groups excluding carboxylic acids is 5. The van der Waals surface area contributed by atoms with Gasteiger partial charge >= 0.3 is 12.2 Å². The van der Waals surface area contributed by atoms with E-state index in [-0.39, 0.29) is 0 Å². The summed E-state index contributed by atoms with van der Waals surface area (Å²) < 4.78 is 5.39. The number of rotatable bonds is 13. The number of aromatic amines is 1. The Morgan fingerprint density at radius 1 is 0.644 bits per heavy atom. The fraction of sp³-hybridized carbons (Fsp3) is 0.273. The predicted molar refractivity (Wildman–Crippen MR) is 224 cm³/mol. The van der Waals surface area contributed by atoms with E-state index in [1.807, 2.05) is 24.3 Å². The van der Waals surface area contributed by atoms with Crippen LogP contribution in [0.5, 0.6) is 0 Å². The van der Waals surface area contributed by atoms with Gasteiger partial charge in [-0.2, -0.15) is 0 Å². The second-order valence-corrected chi connectivity index (χ2v) is 15.1. The number of alkyl carbamates (subject to hydrolysis) is 1. The summed E-state index contributed by atoms with van der Waals surface area (Å²) in [6, 6.07) is 27.4. The van der Waals surface area contributed by atoms with Crippen LogP contribution < -0.4 is 21.3 Å². The average molecular weight is 804 g/mol. The molecule has 0 radical (unpaired) electrons. The number of fused-ring (bicyclic) bond motifs is 1. The Bertz CT molecular complexity index is 2310. The first-order chi connectivity index (χ1) is 27.9. The van der Waals surface area contributed by atoms with Crippen LogP contribution in [0.15, 0.2) is 109 Å². The molecule has 4 unspecified atom stereocenters. The van der Waals surface area contributed by atoms with Crippen molar-refractivity contribution in [1.29, 1.82) is 0 Å². The SMILES string of the molecule is CC(C(=O)Nc1ccc(-c2cc3cc(NC(=O)C(C)N(C)C(=O)C(NC(=O)OC(C)(C)C)c4ccccc4)ccc3[nH]2)cc1)N(C)C(=O)C(NC(=O)O)c1ccccc1. The number of hydrogen-bond acceptors (Lipinski definition) is 7. The molecule has 6 amide bonds. The number of carbonyl (C=O) groups is 6. The fourth-order valence-electron chi connectivity index (χ4n) is 6.15. The van der Waals surface area contributed by atoms with Crippen molar-refractivity contribution in [3.8, 4) is 11.3 Å². The van der Waals surface area contributed by atoms with Crippen LogP contribution in [0.1, 0.15) is 57.8 Å². The van der Waals surface area contributed by atoms with E-state index < -0.39 is 65.6 Å². The van der Waals surface area contributed by atoms with Crippen LogP contribution in [0.3, 0.4) is 0 Å². The molecule has 0 fully saturated rings. The summed E-state index contributed by atoms with van der Waals surface area (Å²) in [5.74, 6) is -1.98. The van der Waals surface area contributed by atoms with Gasteiger partial charge in [-0.3, -0.25) is 19.2 Å². The Morgan fingerprint density at radius 2 is 1.12 bits per heavy atom. The highest BCUT2D eigenvalue weighted by atomic mass is 16.6. The van der Waals surface area contributed by atoms with Gasteiger partial charge in [-0.05, 0) is 87.7 Å². The third-order valence-corrected chi connectivity index (χ3v) is 9.66. The number of carboxylic acid groups (broad SMARTS) is 1. The molecule has 5 rings (SSSR count). The van der Waals surface area contributed by atoms with Gasteiger partial charge in [0.25, 0.3) is 0 Å². The molecule has 4 atom stereocenters. The molecule has 59 heavy (non-hydrogen) atoms. The lowest BCUT2D eigenvalue weighted by molar-refractivity contribution is -0.138. The minimum absolute atomic E-state index is 0.435. The highest BCUT2D eigenvalue weighted by Crippen LogP contribution is 2.28. The minimum atomic E-state index is -1.37. The summed E-state index contributed by atoms with van der Waals surface area (Å²) in [5.41, 5.74) is 3.61. The van der Waals surface area contributed by atoms with Crippen LogP contribution in [-0.4, -0.2) is 87.5 Å². The van der Waals surface area contributed by atoms with Crippen molar-refractivity contribution in [1.82, 2.24) is 25.4 Å². The van der Waals surface area contributed by atoms with Crippen molar-refractivity contribution in [3.63, 3.8) is 0 Å². The molecular formula is C44H49N7O8. The molecule has 15 nitrogen and oxygen atoms in total. The Morgan fingerprint density at radius 3 is 1.61 bits per heavy atom. The van der Waals surface area contributed by atoms with Gasteiger partial charge in [0.15, 0.2) is 0 Å². The van der Waals surface area contributed by atoms with Gasteiger partial charge in [-0.25, -0.2) is 9.59 Å². The molecule has 0 aliphatic rings. The number of ether oxygens (including phenoxy) is 1. The fourth-order valence-corrected chi connectivity index (χ4v) is 6.15. The maximum Gasteiger partial charge on any atom is 0.408 e.